The predicted octanol–water partition coefficient (Wildman–Crippen LogP) is 2.71. The summed E-state index contributed by atoms with van der Waals surface area (Å²) in [6.07, 6.45) is 0.840. The van der Waals surface area contributed by atoms with E-state index in [-0.39, 0.29) is 11.9 Å². The largest absolute Gasteiger partial charge is 0.361 e. The minimum absolute atomic E-state index is 0.0878. The van der Waals surface area contributed by atoms with E-state index in [1.165, 1.54) is 4.88 Å². The Labute approximate surface area is 110 Å². The van der Waals surface area contributed by atoms with Crippen LogP contribution in [0.25, 0.3) is 0 Å². The first-order valence-corrected chi connectivity index (χ1v) is 6.72. The summed E-state index contributed by atoms with van der Waals surface area (Å²) >= 11 is 1.70. The topological polar surface area (TPSA) is 55.1 Å². The third-order valence-corrected chi connectivity index (χ3v) is 3.62. The summed E-state index contributed by atoms with van der Waals surface area (Å²) in [6.45, 7) is 5.52. The van der Waals surface area contributed by atoms with Crippen molar-refractivity contribution in [2.45, 2.75) is 33.2 Å². The summed E-state index contributed by atoms with van der Waals surface area (Å²) in [6, 6.07) is 4.18. The molecule has 0 bridgehead atoms. The van der Waals surface area contributed by atoms with Crippen LogP contribution in [0.1, 0.15) is 33.6 Å². The molecule has 0 saturated carbocycles. The zero-order valence-corrected chi connectivity index (χ0v) is 11.5. The van der Waals surface area contributed by atoms with Gasteiger partial charge in [0.1, 0.15) is 11.3 Å². The summed E-state index contributed by atoms with van der Waals surface area (Å²) in [5.74, 6) is 0.448. The van der Waals surface area contributed by atoms with Crippen molar-refractivity contribution in [3.8, 4) is 0 Å². The van der Waals surface area contributed by atoms with Gasteiger partial charge in [-0.05, 0) is 32.2 Å². The van der Waals surface area contributed by atoms with Crippen LogP contribution >= 0.6 is 11.3 Å². The van der Waals surface area contributed by atoms with Gasteiger partial charge in [0.05, 0.1) is 5.69 Å². The number of carbonyl (C=O) groups excluding carboxylic acids is 1. The first-order chi connectivity index (χ1) is 8.58. The maximum atomic E-state index is 12.1. The standard InChI is InChI=1S/C13H16N2O2S/c1-8(7-11-5-4-6-18-11)14-13(16)12-9(2)15-17-10(12)3/h4-6,8H,7H2,1-3H3,(H,14,16)/t8-/m0/s1. The molecule has 4 nitrogen and oxygen atoms in total. The van der Waals surface area contributed by atoms with Crippen LogP contribution < -0.4 is 5.32 Å². The summed E-state index contributed by atoms with van der Waals surface area (Å²) < 4.78 is 5.00. The maximum Gasteiger partial charge on any atom is 0.257 e. The average molecular weight is 264 g/mol. The lowest BCUT2D eigenvalue weighted by Crippen LogP contribution is -2.34. The quantitative estimate of drug-likeness (QED) is 0.923. The van der Waals surface area contributed by atoms with E-state index in [2.05, 4.69) is 16.5 Å². The molecule has 1 atom stereocenters. The van der Waals surface area contributed by atoms with Gasteiger partial charge in [0, 0.05) is 17.3 Å². The summed E-state index contributed by atoms with van der Waals surface area (Å²) in [4.78, 5) is 13.3. The highest BCUT2D eigenvalue weighted by Crippen LogP contribution is 2.14. The first-order valence-electron chi connectivity index (χ1n) is 5.84. The van der Waals surface area contributed by atoms with Gasteiger partial charge >= 0.3 is 0 Å². The third-order valence-electron chi connectivity index (χ3n) is 2.73. The summed E-state index contributed by atoms with van der Waals surface area (Å²) in [7, 11) is 0. The van der Waals surface area contributed by atoms with Crippen LogP contribution in [0.2, 0.25) is 0 Å². The molecular formula is C13H16N2O2S. The normalized spacial score (nSPS) is 12.4. The zero-order valence-electron chi connectivity index (χ0n) is 10.7. The lowest BCUT2D eigenvalue weighted by atomic mass is 10.1. The first kappa shape index (κ1) is 12.8. The van der Waals surface area contributed by atoms with Crippen molar-refractivity contribution in [2.75, 3.05) is 0 Å². The molecule has 0 unspecified atom stereocenters. The highest BCUT2D eigenvalue weighted by Gasteiger charge is 2.19. The van der Waals surface area contributed by atoms with Crippen molar-refractivity contribution >= 4 is 17.2 Å². The van der Waals surface area contributed by atoms with Gasteiger partial charge in [0.25, 0.3) is 5.91 Å². The summed E-state index contributed by atoms with van der Waals surface area (Å²) in [5, 5.41) is 8.80. The lowest BCUT2D eigenvalue weighted by Gasteiger charge is -2.12. The van der Waals surface area contributed by atoms with Crippen molar-refractivity contribution in [1.29, 1.82) is 0 Å². The van der Waals surface area contributed by atoms with Gasteiger partial charge in [-0.25, -0.2) is 0 Å². The molecule has 0 saturated heterocycles. The lowest BCUT2D eigenvalue weighted by molar-refractivity contribution is 0.0938. The van der Waals surface area contributed by atoms with Crippen LogP contribution in [-0.4, -0.2) is 17.1 Å². The Balaban J connectivity index is 1.99. The van der Waals surface area contributed by atoms with Crippen LogP contribution in [0.3, 0.4) is 0 Å². The molecule has 0 aliphatic heterocycles. The van der Waals surface area contributed by atoms with Crippen LogP contribution in [0.15, 0.2) is 22.0 Å². The molecule has 0 aliphatic carbocycles. The molecular weight excluding hydrogens is 248 g/mol. The molecule has 0 spiro atoms. The van der Waals surface area contributed by atoms with Gasteiger partial charge in [-0.15, -0.1) is 11.3 Å². The van der Waals surface area contributed by atoms with Gasteiger partial charge in [-0.1, -0.05) is 11.2 Å². The second-order valence-electron chi connectivity index (χ2n) is 4.36. The molecule has 0 aliphatic rings. The highest BCUT2D eigenvalue weighted by atomic mass is 32.1. The maximum absolute atomic E-state index is 12.1. The number of hydrogen-bond acceptors (Lipinski definition) is 4. The number of rotatable bonds is 4. The molecule has 2 rings (SSSR count). The number of aryl methyl sites for hydroxylation is 2. The van der Waals surface area contributed by atoms with Crippen LogP contribution in [0, 0.1) is 13.8 Å². The van der Waals surface area contributed by atoms with E-state index >= 15 is 0 Å². The van der Waals surface area contributed by atoms with Crippen molar-refractivity contribution in [1.82, 2.24) is 10.5 Å². The number of amides is 1. The summed E-state index contributed by atoms with van der Waals surface area (Å²) in [5.41, 5.74) is 1.18. The molecule has 0 radical (unpaired) electrons. The Morgan fingerprint density at radius 1 is 1.56 bits per heavy atom. The molecule has 2 aromatic heterocycles. The zero-order chi connectivity index (χ0) is 13.1. The number of nitrogens with one attached hydrogen (secondary N) is 1. The fourth-order valence-corrected chi connectivity index (χ4v) is 2.72. The second kappa shape index (κ2) is 5.35. The van der Waals surface area contributed by atoms with E-state index in [0.717, 1.165) is 6.42 Å². The molecule has 0 aromatic carbocycles. The number of hydrogen-bond donors (Lipinski definition) is 1. The number of thiophene rings is 1. The smallest absolute Gasteiger partial charge is 0.257 e. The van der Waals surface area contributed by atoms with E-state index in [9.17, 15) is 4.79 Å². The Bertz CT molecular complexity index is 512. The second-order valence-corrected chi connectivity index (χ2v) is 5.39. The molecule has 1 amide bonds. The molecule has 96 valence electrons. The number of nitrogens with zero attached hydrogens (tertiary/aromatic N) is 1. The molecule has 18 heavy (non-hydrogen) atoms. The predicted molar refractivity (Wildman–Crippen MR) is 70.9 cm³/mol. The number of aromatic nitrogens is 1. The van der Waals surface area contributed by atoms with Gasteiger partial charge in [-0.2, -0.15) is 0 Å². The van der Waals surface area contributed by atoms with E-state index in [4.69, 9.17) is 4.52 Å². The van der Waals surface area contributed by atoms with Crippen molar-refractivity contribution < 1.29 is 9.32 Å². The average Bonchev–Trinajstić information content (AvgIpc) is 2.89. The van der Waals surface area contributed by atoms with Crippen molar-refractivity contribution in [3.63, 3.8) is 0 Å². The van der Waals surface area contributed by atoms with Gasteiger partial charge < -0.3 is 9.84 Å². The third kappa shape index (κ3) is 2.79. The van der Waals surface area contributed by atoms with Gasteiger partial charge in [-0.3, -0.25) is 4.79 Å². The van der Waals surface area contributed by atoms with Crippen LogP contribution in [0.5, 0.6) is 0 Å². The van der Waals surface area contributed by atoms with Crippen molar-refractivity contribution in [2.24, 2.45) is 0 Å². The van der Waals surface area contributed by atoms with E-state index < -0.39 is 0 Å². The van der Waals surface area contributed by atoms with E-state index in [1.807, 2.05) is 18.4 Å². The van der Waals surface area contributed by atoms with Gasteiger partial charge in [0.15, 0.2) is 0 Å². The highest BCUT2D eigenvalue weighted by molar-refractivity contribution is 7.09. The molecule has 2 aromatic rings. The molecule has 1 N–H and O–H groups in total. The fourth-order valence-electron chi connectivity index (χ4n) is 1.88. The Morgan fingerprint density at radius 3 is 2.89 bits per heavy atom. The Kier molecular flexibility index (Phi) is 3.81. The Morgan fingerprint density at radius 2 is 2.33 bits per heavy atom. The minimum atomic E-state index is -0.115. The van der Waals surface area contributed by atoms with Crippen LogP contribution in [-0.2, 0) is 6.42 Å². The SMILES string of the molecule is Cc1noc(C)c1C(=O)N[C@@H](C)Cc1cccs1. The number of carbonyl (C=O) groups is 1. The molecule has 2 heterocycles. The fraction of sp³-hybridized carbons (Fsp3) is 0.385. The van der Waals surface area contributed by atoms with Crippen LogP contribution in [0.4, 0.5) is 0 Å². The minimum Gasteiger partial charge on any atom is -0.361 e. The molecule has 0 fully saturated rings. The van der Waals surface area contributed by atoms with Gasteiger partial charge in [0.2, 0.25) is 0 Å². The van der Waals surface area contributed by atoms with E-state index in [0.29, 0.717) is 17.0 Å². The van der Waals surface area contributed by atoms with E-state index in [1.54, 1.807) is 25.2 Å². The van der Waals surface area contributed by atoms with Crippen molar-refractivity contribution in [3.05, 3.63) is 39.4 Å². The Hall–Kier alpha value is -1.62. The molecule has 5 heteroatoms. The monoisotopic (exact) mass is 264 g/mol.